The molecule has 0 bridgehead atoms. The van der Waals surface area contributed by atoms with E-state index < -0.39 is 0 Å². The van der Waals surface area contributed by atoms with Gasteiger partial charge < -0.3 is 15.2 Å². The number of methoxy groups -OCH3 is 1. The molecule has 1 aromatic carbocycles. The Morgan fingerprint density at radius 2 is 2.26 bits per heavy atom. The van der Waals surface area contributed by atoms with Gasteiger partial charge in [0.15, 0.2) is 0 Å². The van der Waals surface area contributed by atoms with E-state index in [4.69, 9.17) is 21.4 Å². The van der Waals surface area contributed by atoms with Gasteiger partial charge in [0.2, 0.25) is 5.91 Å². The molecular formula is C14H20ClNO3. The first kappa shape index (κ1) is 15.8. The Morgan fingerprint density at radius 1 is 1.53 bits per heavy atom. The van der Waals surface area contributed by atoms with Gasteiger partial charge in [-0.2, -0.15) is 0 Å². The molecule has 0 fully saturated rings. The maximum atomic E-state index is 11.7. The molecule has 2 N–H and O–H groups in total. The van der Waals surface area contributed by atoms with Crippen LogP contribution in [-0.2, 0) is 11.2 Å². The first-order valence-corrected chi connectivity index (χ1v) is 6.71. The van der Waals surface area contributed by atoms with E-state index in [2.05, 4.69) is 5.32 Å². The molecule has 0 aliphatic carbocycles. The molecule has 1 rings (SSSR count). The van der Waals surface area contributed by atoms with Crippen LogP contribution in [0.2, 0.25) is 5.02 Å². The van der Waals surface area contributed by atoms with Gasteiger partial charge in [-0.05, 0) is 30.5 Å². The zero-order chi connectivity index (χ0) is 14.3. The van der Waals surface area contributed by atoms with Gasteiger partial charge >= 0.3 is 0 Å². The van der Waals surface area contributed by atoms with Crippen LogP contribution in [-0.4, -0.2) is 30.8 Å². The van der Waals surface area contributed by atoms with E-state index >= 15 is 0 Å². The van der Waals surface area contributed by atoms with Gasteiger partial charge in [-0.15, -0.1) is 0 Å². The van der Waals surface area contributed by atoms with Crippen molar-refractivity contribution in [2.75, 3.05) is 13.7 Å². The number of aliphatic hydroxyl groups is 1. The molecule has 0 unspecified atom stereocenters. The highest BCUT2D eigenvalue weighted by atomic mass is 35.5. The summed E-state index contributed by atoms with van der Waals surface area (Å²) in [6, 6.07) is 5.32. The van der Waals surface area contributed by atoms with Crippen molar-refractivity contribution in [2.45, 2.75) is 32.2 Å². The van der Waals surface area contributed by atoms with E-state index in [1.807, 2.05) is 13.0 Å². The van der Waals surface area contributed by atoms with Crippen LogP contribution in [0.25, 0.3) is 0 Å². The molecule has 0 heterocycles. The predicted molar refractivity (Wildman–Crippen MR) is 75.6 cm³/mol. The third kappa shape index (κ3) is 5.09. The van der Waals surface area contributed by atoms with Crippen molar-refractivity contribution < 1.29 is 14.6 Å². The summed E-state index contributed by atoms with van der Waals surface area (Å²) in [5, 5.41) is 12.3. The fourth-order valence-electron chi connectivity index (χ4n) is 1.70. The number of hydrogen-bond donors (Lipinski definition) is 2. The van der Waals surface area contributed by atoms with E-state index in [0.717, 1.165) is 12.0 Å². The zero-order valence-corrected chi connectivity index (χ0v) is 12.0. The second-order valence-corrected chi connectivity index (χ2v) is 4.73. The topological polar surface area (TPSA) is 58.6 Å². The number of carbonyl (C=O) groups excluding carboxylic acids is 1. The number of nitrogens with one attached hydrogen (secondary N) is 1. The number of ether oxygens (including phenoxy) is 1. The Bertz CT molecular complexity index is 419. The maximum absolute atomic E-state index is 11.7. The summed E-state index contributed by atoms with van der Waals surface area (Å²) in [5.41, 5.74) is 0.984. The SMILES string of the molecule is CC[C@H](CO)NC(=O)CCc1ccc(OC)c(Cl)c1. The predicted octanol–water partition coefficient (Wildman–Crippen LogP) is 2.17. The maximum Gasteiger partial charge on any atom is 0.220 e. The minimum Gasteiger partial charge on any atom is -0.495 e. The lowest BCUT2D eigenvalue weighted by molar-refractivity contribution is -0.122. The van der Waals surface area contributed by atoms with Gasteiger partial charge in [0, 0.05) is 6.42 Å². The summed E-state index contributed by atoms with van der Waals surface area (Å²) in [6.45, 7) is 1.89. The van der Waals surface area contributed by atoms with Crippen molar-refractivity contribution in [2.24, 2.45) is 0 Å². The smallest absolute Gasteiger partial charge is 0.220 e. The minimum absolute atomic E-state index is 0.0311. The van der Waals surface area contributed by atoms with Crippen LogP contribution < -0.4 is 10.1 Å². The van der Waals surface area contributed by atoms with Gasteiger partial charge in [0.1, 0.15) is 5.75 Å². The highest BCUT2D eigenvalue weighted by Crippen LogP contribution is 2.25. The molecule has 0 saturated carbocycles. The Hall–Kier alpha value is -1.26. The molecule has 0 spiro atoms. The second-order valence-electron chi connectivity index (χ2n) is 4.32. The molecule has 1 amide bonds. The Labute approximate surface area is 118 Å². The van der Waals surface area contributed by atoms with Gasteiger partial charge in [0.25, 0.3) is 0 Å². The van der Waals surface area contributed by atoms with Crippen LogP contribution in [0.4, 0.5) is 0 Å². The van der Waals surface area contributed by atoms with Crippen LogP contribution in [0.5, 0.6) is 5.75 Å². The van der Waals surface area contributed by atoms with E-state index in [0.29, 0.717) is 23.6 Å². The number of rotatable bonds is 7. The van der Waals surface area contributed by atoms with Gasteiger partial charge in [-0.1, -0.05) is 24.6 Å². The Morgan fingerprint density at radius 3 is 2.79 bits per heavy atom. The number of aryl methyl sites for hydroxylation is 1. The van der Waals surface area contributed by atoms with Crippen molar-refractivity contribution in [3.05, 3.63) is 28.8 Å². The van der Waals surface area contributed by atoms with E-state index in [9.17, 15) is 4.79 Å². The van der Waals surface area contributed by atoms with Crippen LogP contribution in [0.15, 0.2) is 18.2 Å². The standard InChI is InChI=1S/C14H20ClNO3/c1-3-11(9-17)16-14(18)7-5-10-4-6-13(19-2)12(15)8-10/h4,6,8,11,17H,3,5,7,9H2,1-2H3,(H,16,18)/t11-/m1/s1. The normalized spacial score (nSPS) is 12.0. The number of hydrogen-bond acceptors (Lipinski definition) is 3. The minimum atomic E-state index is -0.160. The summed E-state index contributed by atoms with van der Waals surface area (Å²) in [7, 11) is 1.56. The number of carbonyl (C=O) groups is 1. The van der Waals surface area contributed by atoms with Gasteiger partial charge in [-0.3, -0.25) is 4.79 Å². The average Bonchev–Trinajstić information content (AvgIpc) is 2.42. The molecule has 4 nitrogen and oxygen atoms in total. The van der Waals surface area contributed by atoms with Crippen molar-refractivity contribution in [3.63, 3.8) is 0 Å². The van der Waals surface area contributed by atoms with E-state index in [-0.39, 0.29) is 18.6 Å². The lowest BCUT2D eigenvalue weighted by Gasteiger charge is -2.14. The lowest BCUT2D eigenvalue weighted by atomic mass is 10.1. The monoisotopic (exact) mass is 285 g/mol. The fraction of sp³-hybridized carbons (Fsp3) is 0.500. The second kappa shape index (κ2) is 8.02. The number of aliphatic hydroxyl groups excluding tert-OH is 1. The molecule has 0 aliphatic rings. The van der Waals surface area contributed by atoms with Crippen molar-refractivity contribution in [3.8, 4) is 5.75 Å². The average molecular weight is 286 g/mol. The summed E-state index contributed by atoms with van der Waals surface area (Å²) in [5.74, 6) is 0.564. The summed E-state index contributed by atoms with van der Waals surface area (Å²) in [4.78, 5) is 11.7. The first-order chi connectivity index (χ1) is 9.10. The molecule has 19 heavy (non-hydrogen) atoms. The van der Waals surface area contributed by atoms with E-state index in [1.54, 1.807) is 19.2 Å². The molecule has 1 atom stereocenters. The molecular weight excluding hydrogens is 266 g/mol. The zero-order valence-electron chi connectivity index (χ0n) is 11.3. The number of benzene rings is 1. The molecule has 5 heteroatoms. The van der Waals surface area contributed by atoms with Crippen LogP contribution >= 0.6 is 11.6 Å². The van der Waals surface area contributed by atoms with Crippen LogP contribution in [0.3, 0.4) is 0 Å². The fourth-order valence-corrected chi connectivity index (χ4v) is 1.98. The molecule has 1 aromatic rings. The van der Waals surface area contributed by atoms with Gasteiger partial charge in [-0.25, -0.2) is 0 Å². The molecule has 0 aromatic heterocycles. The van der Waals surface area contributed by atoms with E-state index in [1.165, 1.54) is 0 Å². The molecule has 0 radical (unpaired) electrons. The summed E-state index contributed by atoms with van der Waals surface area (Å²) in [6.07, 6.45) is 1.70. The Balaban J connectivity index is 2.48. The largest absolute Gasteiger partial charge is 0.495 e. The molecule has 0 aliphatic heterocycles. The third-order valence-corrected chi connectivity index (χ3v) is 3.23. The number of halogens is 1. The quantitative estimate of drug-likeness (QED) is 0.807. The van der Waals surface area contributed by atoms with Crippen molar-refractivity contribution in [1.29, 1.82) is 0 Å². The summed E-state index contributed by atoms with van der Waals surface area (Å²) >= 11 is 6.02. The first-order valence-electron chi connectivity index (χ1n) is 6.33. The van der Waals surface area contributed by atoms with Crippen LogP contribution in [0.1, 0.15) is 25.3 Å². The molecule has 106 valence electrons. The van der Waals surface area contributed by atoms with Crippen molar-refractivity contribution >= 4 is 17.5 Å². The highest BCUT2D eigenvalue weighted by molar-refractivity contribution is 6.32. The third-order valence-electron chi connectivity index (χ3n) is 2.94. The van der Waals surface area contributed by atoms with Crippen LogP contribution in [0, 0.1) is 0 Å². The Kier molecular flexibility index (Phi) is 6.67. The number of amides is 1. The lowest BCUT2D eigenvalue weighted by Crippen LogP contribution is -2.37. The summed E-state index contributed by atoms with van der Waals surface area (Å²) < 4.78 is 5.07. The van der Waals surface area contributed by atoms with Gasteiger partial charge in [0.05, 0.1) is 24.8 Å². The van der Waals surface area contributed by atoms with Crippen molar-refractivity contribution in [1.82, 2.24) is 5.32 Å². The molecule has 0 saturated heterocycles. The highest BCUT2D eigenvalue weighted by Gasteiger charge is 2.09.